The van der Waals surface area contributed by atoms with Crippen LogP contribution in [0.25, 0.3) is 0 Å². The van der Waals surface area contributed by atoms with Crippen LogP contribution in [-0.4, -0.2) is 54.4 Å². The lowest BCUT2D eigenvalue weighted by atomic mass is 10.1. The van der Waals surface area contributed by atoms with Crippen LogP contribution < -0.4 is 10.1 Å². The number of aliphatic hydroxyl groups is 1. The Labute approximate surface area is 174 Å². The monoisotopic (exact) mass is 416 g/mol. The molecule has 1 heterocycles. The first kappa shape index (κ1) is 21.7. The molecule has 0 aromatic heterocycles. The Morgan fingerprint density at radius 2 is 1.77 bits per heavy atom. The molecule has 1 saturated heterocycles. The van der Waals surface area contributed by atoms with Crippen molar-refractivity contribution in [2.45, 2.75) is 25.7 Å². The molecule has 3 rings (SSSR count). The largest absolute Gasteiger partial charge is 0.457 e. The second-order valence-electron chi connectivity index (χ2n) is 7.34. The number of carbonyl (C=O) groups is 2. The number of nitrogens with zero attached hydrogens (tertiary/aromatic N) is 1. The lowest BCUT2D eigenvalue weighted by Gasteiger charge is -2.27. The van der Waals surface area contributed by atoms with E-state index < -0.39 is 18.2 Å². The maximum atomic E-state index is 12.9. The number of benzene rings is 2. The molecule has 2 amide bonds. The number of rotatable bonds is 7. The first-order chi connectivity index (χ1) is 14.4. The molecule has 1 fully saturated rings. The molecular weight excluding hydrogens is 391 g/mol. The fraction of sp³-hybridized carbons (Fsp3) is 0.364. The summed E-state index contributed by atoms with van der Waals surface area (Å²) in [6, 6.07) is 11.6. The number of ether oxygens (including phenoxy) is 2. The standard InChI is InChI=1S/C22H25FN2O5/c1-14-11-19(22(28)29-2)25(13-14)20(26)12-24-21(27)15-3-7-17(8-4-15)30-18-9-5-16(23)6-10-18/h3-10,14,19,22,28H,11-13H2,1-2H3,(H,24,27)/t14-,19?,22-/m1/s1. The minimum Gasteiger partial charge on any atom is -0.457 e. The van der Waals surface area contributed by atoms with Gasteiger partial charge in [-0.1, -0.05) is 6.92 Å². The summed E-state index contributed by atoms with van der Waals surface area (Å²) in [4.78, 5) is 26.5. The van der Waals surface area contributed by atoms with Gasteiger partial charge < -0.3 is 24.8 Å². The smallest absolute Gasteiger partial charge is 0.251 e. The third-order valence-corrected chi connectivity index (χ3v) is 5.01. The molecule has 1 unspecified atom stereocenters. The van der Waals surface area contributed by atoms with Gasteiger partial charge in [0.15, 0.2) is 6.29 Å². The third kappa shape index (κ3) is 5.34. The number of likely N-dealkylation sites (tertiary alicyclic amines) is 1. The van der Waals surface area contributed by atoms with E-state index in [4.69, 9.17) is 9.47 Å². The number of hydrogen-bond donors (Lipinski definition) is 2. The molecule has 2 aromatic rings. The van der Waals surface area contributed by atoms with Crippen LogP contribution in [0, 0.1) is 11.7 Å². The topological polar surface area (TPSA) is 88.1 Å². The van der Waals surface area contributed by atoms with E-state index in [1.165, 1.54) is 31.4 Å². The molecule has 0 saturated carbocycles. The molecule has 3 atom stereocenters. The Balaban J connectivity index is 1.54. The highest BCUT2D eigenvalue weighted by Crippen LogP contribution is 2.25. The first-order valence-electron chi connectivity index (χ1n) is 9.69. The normalized spacial score (nSPS) is 19.4. The van der Waals surface area contributed by atoms with Crippen LogP contribution in [0.15, 0.2) is 48.5 Å². The van der Waals surface area contributed by atoms with Crippen molar-refractivity contribution in [2.75, 3.05) is 20.2 Å². The first-order valence-corrected chi connectivity index (χ1v) is 9.69. The summed E-state index contributed by atoms with van der Waals surface area (Å²) >= 11 is 0. The molecule has 2 aromatic carbocycles. The average Bonchev–Trinajstić information content (AvgIpc) is 3.15. The molecule has 0 bridgehead atoms. The summed E-state index contributed by atoms with van der Waals surface area (Å²) in [6.07, 6.45) is -0.409. The zero-order chi connectivity index (χ0) is 21.7. The predicted molar refractivity (Wildman–Crippen MR) is 108 cm³/mol. The molecule has 30 heavy (non-hydrogen) atoms. The van der Waals surface area contributed by atoms with E-state index in [0.29, 0.717) is 30.0 Å². The summed E-state index contributed by atoms with van der Waals surface area (Å²) in [6.45, 7) is 2.33. The van der Waals surface area contributed by atoms with Crippen LogP contribution in [0.4, 0.5) is 4.39 Å². The summed E-state index contributed by atoms with van der Waals surface area (Å²) < 4.78 is 23.5. The minimum atomic E-state index is -1.05. The number of hydrogen-bond acceptors (Lipinski definition) is 5. The Kier molecular flexibility index (Phi) is 7.02. The second kappa shape index (κ2) is 9.69. The van der Waals surface area contributed by atoms with Gasteiger partial charge in [-0.25, -0.2) is 4.39 Å². The zero-order valence-corrected chi connectivity index (χ0v) is 16.9. The van der Waals surface area contributed by atoms with Gasteiger partial charge in [0.25, 0.3) is 5.91 Å². The number of methoxy groups -OCH3 is 1. The second-order valence-corrected chi connectivity index (χ2v) is 7.34. The van der Waals surface area contributed by atoms with Crippen molar-refractivity contribution in [2.24, 2.45) is 5.92 Å². The molecule has 2 N–H and O–H groups in total. The maximum Gasteiger partial charge on any atom is 0.251 e. The number of aliphatic hydroxyl groups excluding tert-OH is 1. The molecule has 1 aliphatic heterocycles. The molecule has 160 valence electrons. The van der Waals surface area contributed by atoms with E-state index in [2.05, 4.69) is 5.32 Å². The molecule has 8 heteroatoms. The van der Waals surface area contributed by atoms with Gasteiger partial charge in [0, 0.05) is 19.2 Å². The van der Waals surface area contributed by atoms with Crippen molar-refractivity contribution in [3.63, 3.8) is 0 Å². The average molecular weight is 416 g/mol. The van der Waals surface area contributed by atoms with Gasteiger partial charge in [-0.05, 0) is 60.9 Å². The van der Waals surface area contributed by atoms with E-state index in [1.54, 1.807) is 29.2 Å². The zero-order valence-electron chi connectivity index (χ0n) is 16.9. The molecule has 0 radical (unpaired) electrons. The number of carbonyl (C=O) groups excluding carboxylic acids is 2. The van der Waals surface area contributed by atoms with E-state index in [9.17, 15) is 19.1 Å². The summed E-state index contributed by atoms with van der Waals surface area (Å²) in [5.74, 6) is 0.199. The molecule has 0 spiro atoms. The summed E-state index contributed by atoms with van der Waals surface area (Å²) in [5.41, 5.74) is 0.373. The van der Waals surface area contributed by atoms with Crippen molar-refractivity contribution in [1.29, 1.82) is 0 Å². The highest BCUT2D eigenvalue weighted by molar-refractivity contribution is 5.96. The fourth-order valence-electron chi connectivity index (χ4n) is 3.47. The highest BCUT2D eigenvalue weighted by Gasteiger charge is 2.37. The van der Waals surface area contributed by atoms with E-state index in [1.807, 2.05) is 6.92 Å². The molecule has 1 aliphatic rings. The lowest BCUT2D eigenvalue weighted by molar-refractivity contribution is -0.147. The Morgan fingerprint density at radius 3 is 2.37 bits per heavy atom. The van der Waals surface area contributed by atoms with Gasteiger partial charge in [0.1, 0.15) is 17.3 Å². The van der Waals surface area contributed by atoms with Crippen LogP contribution in [0.3, 0.4) is 0 Å². The molecular formula is C22H25FN2O5. The highest BCUT2D eigenvalue weighted by atomic mass is 19.1. The van der Waals surface area contributed by atoms with Gasteiger partial charge >= 0.3 is 0 Å². The van der Waals surface area contributed by atoms with Crippen molar-refractivity contribution < 1.29 is 28.6 Å². The quantitative estimate of drug-likeness (QED) is 0.678. The van der Waals surface area contributed by atoms with Crippen molar-refractivity contribution in [1.82, 2.24) is 10.2 Å². The lowest BCUT2D eigenvalue weighted by Crippen LogP contribution is -2.47. The predicted octanol–water partition coefficient (Wildman–Crippen LogP) is 2.55. The number of amides is 2. The van der Waals surface area contributed by atoms with Gasteiger partial charge in [-0.2, -0.15) is 0 Å². The fourth-order valence-corrected chi connectivity index (χ4v) is 3.47. The Hall–Kier alpha value is -2.97. The Morgan fingerprint density at radius 1 is 1.17 bits per heavy atom. The van der Waals surface area contributed by atoms with E-state index >= 15 is 0 Å². The van der Waals surface area contributed by atoms with Crippen molar-refractivity contribution in [3.8, 4) is 11.5 Å². The molecule has 7 nitrogen and oxygen atoms in total. The van der Waals surface area contributed by atoms with Gasteiger partial charge in [-0.3, -0.25) is 9.59 Å². The van der Waals surface area contributed by atoms with Crippen LogP contribution in [0.2, 0.25) is 0 Å². The molecule has 0 aliphatic carbocycles. The van der Waals surface area contributed by atoms with Crippen molar-refractivity contribution in [3.05, 3.63) is 59.9 Å². The maximum absolute atomic E-state index is 12.9. The van der Waals surface area contributed by atoms with E-state index in [0.717, 1.165) is 0 Å². The number of halogens is 1. The van der Waals surface area contributed by atoms with E-state index in [-0.39, 0.29) is 24.2 Å². The van der Waals surface area contributed by atoms with Crippen LogP contribution in [-0.2, 0) is 9.53 Å². The van der Waals surface area contributed by atoms with Gasteiger partial charge in [0.2, 0.25) is 5.91 Å². The summed E-state index contributed by atoms with van der Waals surface area (Å²) in [5, 5.41) is 12.6. The SMILES string of the molecule is CO[C@@H](O)C1C[C@@H](C)CN1C(=O)CNC(=O)c1ccc(Oc2ccc(F)cc2)cc1. The van der Waals surface area contributed by atoms with Gasteiger partial charge in [-0.15, -0.1) is 0 Å². The summed E-state index contributed by atoms with van der Waals surface area (Å²) in [7, 11) is 1.39. The number of nitrogens with one attached hydrogen (secondary N) is 1. The van der Waals surface area contributed by atoms with Crippen molar-refractivity contribution >= 4 is 11.8 Å². The van der Waals surface area contributed by atoms with Gasteiger partial charge in [0.05, 0.1) is 12.6 Å². The third-order valence-electron chi connectivity index (χ3n) is 5.01. The van der Waals surface area contributed by atoms with Crippen LogP contribution >= 0.6 is 0 Å². The Bertz CT molecular complexity index is 872. The van der Waals surface area contributed by atoms with Crippen LogP contribution in [0.1, 0.15) is 23.7 Å². The minimum absolute atomic E-state index is 0.174. The van der Waals surface area contributed by atoms with Crippen LogP contribution in [0.5, 0.6) is 11.5 Å².